The Hall–Kier alpha value is -1.78. The number of nitrogens with one attached hydrogen (secondary N) is 2. The number of aryl methyl sites for hydroxylation is 2. The van der Waals surface area contributed by atoms with E-state index in [1.807, 2.05) is 38.0 Å². The van der Waals surface area contributed by atoms with Crippen LogP contribution in [-0.4, -0.2) is 20.0 Å². The van der Waals surface area contributed by atoms with Crippen LogP contribution in [0.5, 0.6) is 0 Å². The predicted molar refractivity (Wildman–Crippen MR) is 63.3 cm³/mol. The lowest BCUT2D eigenvalue weighted by atomic mass is 10.1. The highest BCUT2D eigenvalue weighted by Crippen LogP contribution is 2.22. The highest BCUT2D eigenvalue weighted by atomic mass is 15.3. The minimum absolute atomic E-state index is 0.224. The fourth-order valence-corrected chi connectivity index (χ4v) is 1.75. The van der Waals surface area contributed by atoms with Gasteiger partial charge in [-0.1, -0.05) is 0 Å². The largest absolute Gasteiger partial charge is 0.376 e. The summed E-state index contributed by atoms with van der Waals surface area (Å²) in [7, 11) is 1.94. The van der Waals surface area contributed by atoms with Gasteiger partial charge in [0.15, 0.2) is 0 Å². The van der Waals surface area contributed by atoms with Crippen molar-refractivity contribution in [1.29, 1.82) is 0 Å². The van der Waals surface area contributed by atoms with E-state index in [-0.39, 0.29) is 6.04 Å². The van der Waals surface area contributed by atoms with Crippen LogP contribution >= 0.6 is 0 Å². The zero-order chi connectivity index (χ0) is 11.7. The van der Waals surface area contributed by atoms with Gasteiger partial charge in [0.05, 0.1) is 29.8 Å². The third kappa shape index (κ3) is 1.80. The minimum Gasteiger partial charge on any atom is -0.376 e. The van der Waals surface area contributed by atoms with E-state index in [0.717, 1.165) is 17.1 Å². The highest BCUT2D eigenvalue weighted by Gasteiger charge is 2.12. The molecular formula is C11H17N5. The molecule has 86 valence electrons. The van der Waals surface area contributed by atoms with E-state index in [2.05, 4.69) is 27.5 Å². The van der Waals surface area contributed by atoms with Gasteiger partial charge in [0, 0.05) is 18.3 Å². The Labute approximate surface area is 94.9 Å². The number of hydrogen-bond donors (Lipinski definition) is 2. The number of aromatic amines is 1. The molecule has 0 aliphatic carbocycles. The van der Waals surface area contributed by atoms with Gasteiger partial charge in [-0.2, -0.15) is 10.2 Å². The smallest absolute Gasteiger partial charge is 0.0760 e. The van der Waals surface area contributed by atoms with Crippen molar-refractivity contribution in [2.75, 3.05) is 5.32 Å². The molecule has 2 aromatic heterocycles. The second-order valence-corrected chi connectivity index (χ2v) is 4.08. The van der Waals surface area contributed by atoms with Crippen molar-refractivity contribution in [2.45, 2.75) is 26.8 Å². The first-order chi connectivity index (χ1) is 7.59. The molecule has 5 nitrogen and oxygen atoms in total. The molecule has 2 N–H and O–H groups in total. The summed E-state index contributed by atoms with van der Waals surface area (Å²) >= 11 is 0. The molecule has 16 heavy (non-hydrogen) atoms. The molecule has 2 aromatic rings. The first-order valence-corrected chi connectivity index (χ1v) is 5.34. The van der Waals surface area contributed by atoms with E-state index in [4.69, 9.17) is 0 Å². The van der Waals surface area contributed by atoms with Crippen molar-refractivity contribution < 1.29 is 0 Å². The summed E-state index contributed by atoms with van der Waals surface area (Å²) in [6.07, 6.45) is 3.71. The zero-order valence-electron chi connectivity index (χ0n) is 10.1. The van der Waals surface area contributed by atoms with E-state index < -0.39 is 0 Å². The van der Waals surface area contributed by atoms with Gasteiger partial charge in [0.1, 0.15) is 0 Å². The minimum atomic E-state index is 0.224. The lowest BCUT2D eigenvalue weighted by molar-refractivity contribution is 0.739. The summed E-state index contributed by atoms with van der Waals surface area (Å²) in [5.41, 5.74) is 4.48. The van der Waals surface area contributed by atoms with Crippen molar-refractivity contribution in [3.63, 3.8) is 0 Å². The molecule has 0 fully saturated rings. The van der Waals surface area contributed by atoms with Gasteiger partial charge in [-0.05, 0) is 20.8 Å². The molecular weight excluding hydrogens is 202 g/mol. The van der Waals surface area contributed by atoms with Gasteiger partial charge >= 0.3 is 0 Å². The molecule has 0 aromatic carbocycles. The SMILES string of the molecule is Cc1[nH]ncc1C(C)Nc1cnn(C)c1C. The Morgan fingerprint density at radius 3 is 2.62 bits per heavy atom. The van der Waals surface area contributed by atoms with Gasteiger partial charge in [-0.25, -0.2) is 0 Å². The second-order valence-electron chi connectivity index (χ2n) is 4.08. The van der Waals surface area contributed by atoms with Gasteiger partial charge in [-0.3, -0.25) is 9.78 Å². The fourth-order valence-electron chi connectivity index (χ4n) is 1.75. The number of hydrogen-bond acceptors (Lipinski definition) is 3. The average molecular weight is 219 g/mol. The molecule has 0 aliphatic rings. The summed E-state index contributed by atoms with van der Waals surface area (Å²) in [6.45, 7) is 6.19. The molecule has 5 heteroatoms. The predicted octanol–water partition coefficient (Wildman–Crippen LogP) is 1.93. The normalized spacial score (nSPS) is 12.8. The van der Waals surface area contributed by atoms with E-state index >= 15 is 0 Å². The summed E-state index contributed by atoms with van der Waals surface area (Å²) in [5, 5.41) is 14.6. The monoisotopic (exact) mass is 219 g/mol. The summed E-state index contributed by atoms with van der Waals surface area (Å²) in [6, 6.07) is 0.224. The molecule has 0 bridgehead atoms. The van der Waals surface area contributed by atoms with Crippen LogP contribution in [0.25, 0.3) is 0 Å². The first-order valence-electron chi connectivity index (χ1n) is 5.34. The van der Waals surface area contributed by atoms with Crippen LogP contribution in [0, 0.1) is 13.8 Å². The third-order valence-electron chi connectivity index (χ3n) is 2.94. The lowest BCUT2D eigenvalue weighted by Gasteiger charge is -2.14. The van der Waals surface area contributed by atoms with Crippen molar-refractivity contribution in [1.82, 2.24) is 20.0 Å². The Kier molecular flexibility index (Phi) is 2.68. The van der Waals surface area contributed by atoms with Crippen LogP contribution in [0.2, 0.25) is 0 Å². The molecule has 1 unspecified atom stereocenters. The van der Waals surface area contributed by atoms with Crippen LogP contribution in [0.4, 0.5) is 5.69 Å². The fraction of sp³-hybridized carbons (Fsp3) is 0.455. The van der Waals surface area contributed by atoms with E-state index in [1.165, 1.54) is 5.56 Å². The second kappa shape index (κ2) is 4.00. The summed E-state index contributed by atoms with van der Waals surface area (Å²) in [5.74, 6) is 0. The molecule has 0 saturated carbocycles. The molecule has 0 aliphatic heterocycles. The van der Waals surface area contributed by atoms with Crippen molar-refractivity contribution in [3.8, 4) is 0 Å². The van der Waals surface area contributed by atoms with Gasteiger partial charge in [-0.15, -0.1) is 0 Å². The maximum absolute atomic E-state index is 4.20. The Morgan fingerprint density at radius 1 is 1.38 bits per heavy atom. The lowest BCUT2D eigenvalue weighted by Crippen LogP contribution is -2.07. The first kappa shape index (κ1) is 10.7. The zero-order valence-corrected chi connectivity index (χ0v) is 10.1. The Balaban J connectivity index is 2.17. The molecule has 2 rings (SSSR count). The average Bonchev–Trinajstić information content (AvgIpc) is 2.79. The Bertz CT molecular complexity index is 482. The number of H-pyrrole nitrogens is 1. The maximum Gasteiger partial charge on any atom is 0.0760 e. The van der Waals surface area contributed by atoms with Crippen LogP contribution in [0.3, 0.4) is 0 Å². The molecule has 0 radical (unpaired) electrons. The van der Waals surface area contributed by atoms with E-state index in [9.17, 15) is 0 Å². The van der Waals surface area contributed by atoms with Crippen LogP contribution in [-0.2, 0) is 7.05 Å². The van der Waals surface area contributed by atoms with Crippen molar-refractivity contribution >= 4 is 5.69 Å². The molecule has 2 heterocycles. The molecule has 0 spiro atoms. The summed E-state index contributed by atoms with van der Waals surface area (Å²) in [4.78, 5) is 0. The van der Waals surface area contributed by atoms with Gasteiger partial charge < -0.3 is 5.32 Å². The van der Waals surface area contributed by atoms with Crippen LogP contribution in [0.15, 0.2) is 12.4 Å². The topological polar surface area (TPSA) is 58.5 Å². The highest BCUT2D eigenvalue weighted by molar-refractivity contribution is 5.47. The van der Waals surface area contributed by atoms with Gasteiger partial charge in [0.2, 0.25) is 0 Å². The summed E-state index contributed by atoms with van der Waals surface area (Å²) < 4.78 is 1.86. The molecule has 0 amide bonds. The maximum atomic E-state index is 4.20. The van der Waals surface area contributed by atoms with Crippen molar-refractivity contribution in [3.05, 3.63) is 29.3 Å². The number of rotatable bonds is 3. The standard InChI is InChI=1S/C11H17N5/c1-7(10-5-12-15-8(10)2)14-11-6-13-16(4)9(11)3/h5-7,14H,1-4H3,(H,12,15). The Morgan fingerprint density at radius 2 is 2.12 bits per heavy atom. The van der Waals surface area contributed by atoms with Crippen molar-refractivity contribution in [2.24, 2.45) is 7.05 Å². The van der Waals surface area contributed by atoms with E-state index in [1.54, 1.807) is 0 Å². The number of nitrogens with zero attached hydrogens (tertiary/aromatic N) is 3. The van der Waals surface area contributed by atoms with Crippen LogP contribution in [0.1, 0.15) is 29.9 Å². The van der Waals surface area contributed by atoms with E-state index in [0.29, 0.717) is 0 Å². The van der Waals surface area contributed by atoms with Crippen LogP contribution < -0.4 is 5.32 Å². The molecule has 1 atom stereocenters. The third-order valence-corrected chi connectivity index (χ3v) is 2.94. The number of aromatic nitrogens is 4. The molecule has 0 saturated heterocycles. The quantitative estimate of drug-likeness (QED) is 0.829. The number of anilines is 1. The van der Waals surface area contributed by atoms with Gasteiger partial charge in [0.25, 0.3) is 0 Å².